The number of hydrogen-bond acceptors (Lipinski definition) is 3. The van der Waals surface area contributed by atoms with Gasteiger partial charge in [-0.2, -0.15) is 5.10 Å². The molecule has 21 heavy (non-hydrogen) atoms. The number of rotatable bonds is 5. The normalized spacial score (nSPS) is 10.0. The maximum absolute atomic E-state index is 8.66. The van der Waals surface area contributed by atoms with Crippen molar-refractivity contribution in [3.63, 3.8) is 0 Å². The summed E-state index contributed by atoms with van der Waals surface area (Å²) in [6.07, 6.45) is 2.13. The molecule has 0 unspecified atom stereocenters. The molecule has 0 aliphatic carbocycles. The molecule has 1 aromatic heterocycles. The summed E-state index contributed by atoms with van der Waals surface area (Å²) in [5.41, 5.74) is 1.85. The van der Waals surface area contributed by atoms with Crippen LogP contribution in [0.5, 0.6) is 5.75 Å². The first kappa shape index (κ1) is 15.4. The standard InChI is InChI=1S/C16H17ClN2O2/c1-13-16(17)12-18-19(13)9-11-21-15-7-5-14(6-8-15)4-2-3-10-20/h5-8,12,20H,3,9-11H2,1H3. The lowest BCUT2D eigenvalue weighted by Crippen LogP contribution is -2.10. The summed E-state index contributed by atoms with van der Waals surface area (Å²) in [4.78, 5) is 0. The maximum Gasteiger partial charge on any atom is 0.119 e. The Morgan fingerprint density at radius 1 is 1.33 bits per heavy atom. The smallest absolute Gasteiger partial charge is 0.119 e. The second kappa shape index (κ2) is 7.72. The molecule has 0 aliphatic heterocycles. The SMILES string of the molecule is Cc1c(Cl)cnn1CCOc1ccc(C#CCCO)cc1. The van der Waals surface area contributed by atoms with E-state index in [1.807, 2.05) is 35.9 Å². The number of hydrogen-bond donors (Lipinski definition) is 1. The van der Waals surface area contributed by atoms with Gasteiger partial charge in [-0.25, -0.2) is 0 Å². The Bertz CT molecular complexity index is 639. The molecule has 0 radical (unpaired) electrons. The third kappa shape index (κ3) is 4.52. The molecule has 0 atom stereocenters. The van der Waals surface area contributed by atoms with Gasteiger partial charge in [0.15, 0.2) is 0 Å². The fraction of sp³-hybridized carbons (Fsp3) is 0.312. The van der Waals surface area contributed by atoms with E-state index in [1.165, 1.54) is 0 Å². The molecular formula is C16H17ClN2O2. The summed E-state index contributed by atoms with van der Waals surface area (Å²) in [7, 11) is 0. The van der Waals surface area contributed by atoms with Crippen LogP contribution in [0.15, 0.2) is 30.5 Å². The van der Waals surface area contributed by atoms with Crippen molar-refractivity contribution in [1.82, 2.24) is 9.78 Å². The number of nitrogens with zero attached hydrogens (tertiary/aromatic N) is 2. The van der Waals surface area contributed by atoms with Crippen molar-refractivity contribution in [3.8, 4) is 17.6 Å². The van der Waals surface area contributed by atoms with Crippen LogP contribution in [0, 0.1) is 18.8 Å². The first-order valence-corrected chi connectivity index (χ1v) is 7.09. The largest absolute Gasteiger partial charge is 0.492 e. The molecule has 5 heteroatoms. The van der Waals surface area contributed by atoms with Gasteiger partial charge in [0.25, 0.3) is 0 Å². The van der Waals surface area contributed by atoms with Gasteiger partial charge in [-0.1, -0.05) is 23.4 Å². The zero-order valence-corrected chi connectivity index (χ0v) is 12.6. The van der Waals surface area contributed by atoms with E-state index in [0.717, 1.165) is 17.0 Å². The predicted molar refractivity (Wildman–Crippen MR) is 82.5 cm³/mol. The first-order chi connectivity index (χ1) is 10.2. The number of benzene rings is 1. The summed E-state index contributed by atoms with van der Waals surface area (Å²) in [5.74, 6) is 6.64. The van der Waals surface area contributed by atoms with Crippen LogP contribution < -0.4 is 4.74 Å². The number of ether oxygens (including phenoxy) is 1. The summed E-state index contributed by atoms with van der Waals surface area (Å²) in [6.45, 7) is 3.19. The second-order valence-corrected chi connectivity index (χ2v) is 4.86. The minimum atomic E-state index is 0.0883. The molecule has 1 N–H and O–H groups in total. The molecule has 4 nitrogen and oxygen atoms in total. The Morgan fingerprint density at radius 3 is 2.71 bits per heavy atom. The second-order valence-electron chi connectivity index (χ2n) is 4.45. The predicted octanol–water partition coefficient (Wildman–Crippen LogP) is 2.66. The van der Waals surface area contributed by atoms with Crippen LogP contribution in [0.2, 0.25) is 5.02 Å². The molecule has 0 fully saturated rings. The Balaban J connectivity index is 1.84. The average molecular weight is 305 g/mol. The monoisotopic (exact) mass is 304 g/mol. The highest BCUT2D eigenvalue weighted by Gasteiger charge is 2.03. The van der Waals surface area contributed by atoms with Crippen molar-refractivity contribution >= 4 is 11.6 Å². The average Bonchev–Trinajstić information content (AvgIpc) is 2.81. The van der Waals surface area contributed by atoms with E-state index in [1.54, 1.807) is 6.20 Å². The van der Waals surface area contributed by atoms with Crippen LogP contribution in [-0.4, -0.2) is 28.1 Å². The van der Waals surface area contributed by atoms with Crippen molar-refractivity contribution in [2.24, 2.45) is 0 Å². The van der Waals surface area contributed by atoms with Crippen molar-refractivity contribution < 1.29 is 9.84 Å². The van der Waals surface area contributed by atoms with Crippen LogP contribution >= 0.6 is 11.6 Å². The highest BCUT2D eigenvalue weighted by Crippen LogP contribution is 2.14. The molecule has 0 aliphatic rings. The van der Waals surface area contributed by atoms with Gasteiger partial charge in [-0.15, -0.1) is 0 Å². The van der Waals surface area contributed by atoms with E-state index >= 15 is 0 Å². The van der Waals surface area contributed by atoms with Gasteiger partial charge < -0.3 is 9.84 Å². The highest BCUT2D eigenvalue weighted by molar-refractivity contribution is 6.31. The Hall–Kier alpha value is -1.96. The van der Waals surface area contributed by atoms with Gasteiger partial charge in [0.2, 0.25) is 0 Å². The molecule has 2 rings (SSSR count). The van der Waals surface area contributed by atoms with Crippen LogP contribution in [-0.2, 0) is 6.54 Å². The van der Waals surface area contributed by atoms with Crippen molar-refractivity contribution in [1.29, 1.82) is 0 Å². The molecular weight excluding hydrogens is 288 g/mol. The van der Waals surface area contributed by atoms with E-state index in [4.69, 9.17) is 21.4 Å². The van der Waals surface area contributed by atoms with Gasteiger partial charge in [0.05, 0.1) is 30.1 Å². The molecule has 0 spiro atoms. The maximum atomic E-state index is 8.66. The quantitative estimate of drug-likeness (QED) is 0.864. The van der Waals surface area contributed by atoms with Crippen LogP contribution in [0.1, 0.15) is 17.7 Å². The fourth-order valence-corrected chi connectivity index (χ4v) is 1.90. The molecule has 0 saturated heterocycles. The lowest BCUT2D eigenvalue weighted by Gasteiger charge is -2.07. The summed E-state index contributed by atoms with van der Waals surface area (Å²) in [5, 5.41) is 13.5. The van der Waals surface area contributed by atoms with Gasteiger partial charge in [0.1, 0.15) is 12.4 Å². The summed E-state index contributed by atoms with van der Waals surface area (Å²) < 4.78 is 7.48. The van der Waals surface area contributed by atoms with Gasteiger partial charge in [-0.3, -0.25) is 4.68 Å². The highest BCUT2D eigenvalue weighted by atomic mass is 35.5. The summed E-state index contributed by atoms with van der Waals surface area (Å²) >= 11 is 5.94. The zero-order valence-electron chi connectivity index (χ0n) is 11.8. The van der Waals surface area contributed by atoms with E-state index in [0.29, 0.717) is 24.6 Å². The molecule has 1 heterocycles. The van der Waals surface area contributed by atoms with Crippen LogP contribution in [0.25, 0.3) is 0 Å². The fourth-order valence-electron chi connectivity index (χ4n) is 1.75. The molecule has 0 amide bonds. The number of aliphatic hydroxyl groups excluding tert-OH is 1. The van der Waals surface area contributed by atoms with Crippen LogP contribution in [0.3, 0.4) is 0 Å². The van der Waals surface area contributed by atoms with E-state index in [2.05, 4.69) is 16.9 Å². The Morgan fingerprint density at radius 2 is 2.10 bits per heavy atom. The molecule has 0 bridgehead atoms. The van der Waals surface area contributed by atoms with Crippen molar-refractivity contribution in [2.75, 3.05) is 13.2 Å². The molecule has 110 valence electrons. The lowest BCUT2D eigenvalue weighted by atomic mass is 10.2. The lowest BCUT2D eigenvalue weighted by molar-refractivity contribution is 0.290. The molecule has 0 saturated carbocycles. The Kier molecular flexibility index (Phi) is 5.68. The third-order valence-corrected chi connectivity index (χ3v) is 3.31. The minimum Gasteiger partial charge on any atom is -0.492 e. The van der Waals surface area contributed by atoms with Crippen molar-refractivity contribution in [3.05, 3.63) is 46.7 Å². The zero-order chi connectivity index (χ0) is 15.1. The number of aliphatic hydroxyl groups is 1. The topological polar surface area (TPSA) is 47.3 Å². The van der Waals surface area contributed by atoms with Crippen LogP contribution in [0.4, 0.5) is 0 Å². The van der Waals surface area contributed by atoms with E-state index in [-0.39, 0.29) is 6.61 Å². The van der Waals surface area contributed by atoms with Gasteiger partial charge in [-0.05, 0) is 31.2 Å². The third-order valence-electron chi connectivity index (χ3n) is 2.94. The van der Waals surface area contributed by atoms with Gasteiger partial charge in [0, 0.05) is 12.0 Å². The Labute approximate surface area is 129 Å². The van der Waals surface area contributed by atoms with E-state index < -0.39 is 0 Å². The van der Waals surface area contributed by atoms with E-state index in [9.17, 15) is 0 Å². The first-order valence-electron chi connectivity index (χ1n) is 6.71. The summed E-state index contributed by atoms with van der Waals surface area (Å²) in [6, 6.07) is 7.56. The minimum absolute atomic E-state index is 0.0883. The number of aromatic nitrogens is 2. The van der Waals surface area contributed by atoms with Gasteiger partial charge >= 0.3 is 0 Å². The molecule has 1 aromatic carbocycles. The number of halogens is 1. The molecule has 2 aromatic rings. The van der Waals surface area contributed by atoms with Crippen molar-refractivity contribution in [2.45, 2.75) is 19.9 Å².